The van der Waals surface area contributed by atoms with Crippen molar-refractivity contribution in [3.05, 3.63) is 0 Å². The van der Waals surface area contributed by atoms with Crippen LogP contribution in [0.1, 0.15) is 48.0 Å². The minimum Gasteiger partial charge on any atom is -0.464 e. The molecule has 0 aromatic carbocycles. The van der Waals surface area contributed by atoms with Crippen LogP contribution in [0.2, 0.25) is 0 Å². The minimum atomic E-state index is -2.69. The van der Waals surface area contributed by atoms with Crippen molar-refractivity contribution in [3.8, 4) is 0 Å². The Morgan fingerprint density at radius 3 is 1.90 bits per heavy atom. The molecule has 1 amide bonds. The molecule has 17 nitrogen and oxygen atoms in total. The Balaban J connectivity index is 3.95. The molecule has 2 N–H and O–H groups in total. The molecule has 1 rings (SSSR count). The normalized spacial score (nSPS) is 23.9. The summed E-state index contributed by atoms with van der Waals surface area (Å²) >= 11 is 0. The van der Waals surface area contributed by atoms with Crippen molar-refractivity contribution >= 4 is 47.5 Å². The summed E-state index contributed by atoms with van der Waals surface area (Å²) in [6.07, 6.45) is -10.2. The van der Waals surface area contributed by atoms with Crippen LogP contribution in [0.4, 0.5) is 0 Å². The first-order chi connectivity index (χ1) is 18.9. The number of Topliss-reactive ketones (excluding diaryl/α,β-unsaturated/α-hetero) is 1. The van der Waals surface area contributed by atoms with Crippen molar-refractivity contribution in [2.45, 2.75) is 90.3 Å². The standard InChI is InChI=1S/C24H33NO16/c1-10(26)19(32)22(33)25-18-16(37-12(3)28)8-24(23(34)35-7,40-15(6)31)41-21(18)20(39-14(5)30)17(38-13(4)29)9-36-11(2)27/h16-21,32H,8-9H2,1-7H3,(H,25,33)/t16-,17+,18+,19?,20+,21+,24-/m0/s1. The number of aliphatic hydroxyl groups excluding tert-OH is 1. The quantitative estimate of drug-likeness (QED) is 0.142. The summed E-state index contributed by atoms with van der Waals surface area (Å²) in [5.74, 6) is -11.2. The molecule has 0 bridgehead atoms. The zero-order valence-corrected chi connectivity index (χ0v) is 23.4. The molecule has 17 heteroatoms. The van der Waals surface area contributed by atoms with Crippen molar-refractivity contribution in [1.29, 1.82) is 0 Å². The smallest absolute Gasteiger partial charge is 0.379 e. The van der Waals surface area contributed by atoms with Crippen molar-refractivity contribution in [2.24, 2.45) is 0 Å². The van der Waals surface area contributed by atoms with Crippen LogP contribution in [0, 0.1) is 0 Å². The van der Waals surface area contributed by atoms with Gasteiger partial charge in [-0.25, -0.2) is 4.79 Å². The molecule has 1 unspecified atom stereocenters. The number of hydrogen-bond donors (Lipinski definition) is 2. The van der Waals surface area contributed by atoms with Gasteiger partial charge in [0.25, 0.3) is 5.91 Å². The maximum absolute atomic E-state index is 12.9. The lowest BCUT2D eigenvalue weighted by Crippen LogP contribution is -2.70. The number of rotatable bonds is 12. The van der Waals surface area contributed by atoms with Gasteiger partial charge in [0.2, 0.25) is 0 Å². The molecule has 230 valence electrons. The van der Waals surface area contributed by atoms with Crippen LogP contribution in [0.25, 0.3) is 0 Å². The van der Waals surface area contributed by atoms with Crippen LogP contribution >= 0.6 is 0 Å². The predicted molar refractivity (Wildman–Crippen MR) is 128 cm³/mol. The largest absolute Gasteiger partial charge is 0.464 e. The molecule has 1 aliphatic heterocycles. The summed E-state index contributed by atoms with van der Waals surface area (Å²) in [5.41, 5.74) is 0. The van der Waals surface area contributed by atoms with E-state index in [2.05, 4.69) is 5.32 Å². The number of aliphatic hydroxyl groups is 1. The second-order valence-electron chi connectivity index (χ2n) is 8.84. The van der Waals surface area contributed by atoms with Gasteiger partial charge in [-0.05, 0) is 6.92 Å². The van der Waals surface area contributed by atoms with E-state index in [0.29, 0.717) is 0 Å². The van der Waals surface area contributed by atoms with Crippen molar-refractivity contribution in [1.82, 2.24) is 5.32 Å². The summed E-state index contributed by atoms with van der Waals surface area (Å²) in [5, 5.41) is 12.3. The van der Waals surface area contributed by atoms with Crippen LogP contribution < -0.4 is 5.32 Å². The molecule has 0 aromatic heterocycles. The zero-order chi connectivity index (χ0) is 31.7. The van der Waals surface area contributed by atoms with Gasteiger partial charge in [0.05, 0.1) is 19.6 Å². The maximum atomic E-state index is 12.9. The van der Waals surface area contributed by atoms with E-state index in [1.54, 1.807) is 0 Å². The Labute approximate surface area is 234 Å². The molecule has 0 aliphatic carbocycles. The average Bonchev–Trinajstić information content (AvgIpc) is 2.84. The van der Waals surface area contributed by atoms with E-state index in [4.69, 9.17) is 33.2 Å². The number of amides is 1. The van der Waals surface area contributed by atoms with E-state index in [1.165, 1.54) is 0 Å². The SMILES string of the molecule is COC(=O)[C@]1(OC(C)=O)C[C@H](OC(C)=O)[C@@H](NC(=O)C(O)C(C)=O)[C@H]([C@H](OC(C)=O)[C@@H](COC(C)=O)OC(C)=O)O1. The van der Waals surface area contributed by atoms with Gasteiger partial charge in [-0.3, -0.25) is 33.6 Å². The van der Waals surface area contributed by atoms with E-state index in [-0.39, 0.29) is 0 Å². The number of carbonyl (C=O) groups is 8. The second kappa shape index (κ2) is 15.0. The summed E-state index contributed by atoms with van der Waals surface area (Å²) in [6.45, 7) is 4.95. The topological polar surface area (TPSA) is 233 Å². The lowest BCUT2D eigenvalue weighted by atomic mass is 9.87. The minimum absolute atomic E-state index is 0.750. The molecule has 1 saturated heterocycles. The third-order valence-corrected chi connectivity index (χ3v) is 5.38. The first kappa shape index (κ1) is 34.9. The third-order valence-electron chi connectivity index (χ3n) is 5.38. The fourth-order valence-electron chi connectivity index (χ4n) is 3.93. The Kier molecular flexibility index (Phi) is 12.8. The number of ketones is 1. The lowest BCUT2D eigenvalue weighted by Gasteiger charge is -2.48. The van der Waals surface area contributed by atoms with E-state index >= 15 is 0 Å². The summed E-state index contributed by atoms with van der Waals surface area (Å²) in [4.78, 5) is 97.1. The van der Waals surface area contributed by atoms with E-state index in [9.17, 15) is 43.5 Å². The van der Waals surface area contributed by atoms with Gasteiger partial charge < -0.3 is 43.6 Å². The van der Waals surface area contributed by atoms with Crippen LogP contribution in [-0.2, 0) is 71.5 Å². The number of esters is 6. The first-order valence-electron chi connectivity index (χ1n) is 12.0. The van der Waals surface area contributed by atoms with Crippen molar-refractivity contribution in [3.63, 3.8) is 0 Å². The third kappa shape index (κ3) is 10.1. The van der Waals surface area contributed by atoms with Crippen molar-refractivity contribution in [2.75, 3.05) is 13.7 Å². The summed E-state index contributed by atoms with van der Waals surface area (Å²) in [7, 11) is 0.912. The number of hydrogen-bond acceptors (Lipinski definition) is 16. The van der Waals surface area contributed by atoms with Crippen LogP contribution in [-0.4, -0.2) is 109 Å². The molecule has 1 aliphatic rings. The van der Waals surface area contributed by atoms with Crippen LogP contribution in [0.15, 0.2) is 0 Å². The number of ether oxygens (including phenoxy) is 7. The van der Waals surface area contributed by atoms with Crippen LogP contribution in [0.5, 0.6) is 0 Å². The number of nitrogens with one attached hydrogen (secondary N) is 1. The Morgan fingerprint density at radius 1 is 0.878 bits per heavy atom. The fraction of sp³-hybridized carbons (Fsp3) is 0.667. The van der Waals surface area contributed by atoms with Crippen molar-refractivity contribution < 1.29 is 76.6 Å². The highest BCUT2D eigenvalue weighted by molar-refractivity contribution is 6.03. The first-order valence-corrected chi connectivity index (χ1v) is 12.0. The zero-order valence-electron chi connectivity index (χ0n) is 23.4. The monoisotopic (exact) mass is 591 g/mol. The van der Waals surface area contributed by atoms with Gasteiger partial charge in [0.1, 0.15) is 18.8 Å². The molecule has 1 fully saturated rings. The molecule has 7 atom stereocenters. The average molecular weight is 592 g/mol. The van der Waals surface area contributed by atoms with E-state index in [0.717, 1.165) is 48.7 Å². The molecule has 0 radical (unpaired) electrons. The highest BCUT2D eigenvalue weighted by Gasteiger charge is 2.60. The Bertz CT molecular complexity index is 1060. The maximum Gasteiger partial charge on any atom is 0.379 e. The molecule has 0 saturated carbocycles. The van der Waals surface area contributed by atoms with Gasteiger partial charge in [-0.1, -0.05) is 0 Å². The molecular weight excluding hydrogens is 558 g/mol. The fourth-order valence-corrected chi connectivity index (χ4v) is 3.93. The summed E-state index contributed by atoms with van der Waals surface area (Å²) in [6, 6.07) is -1.69. The molecule has 0 aromatic rings. The lowest BCUT2D eigenvalue weighted by molar-refractivity contribution is -0.304. The van der Waals surface area contributed by atoms with E-state index in [1.807, 2.05) is 0 Å². The molecule has 41 heavy (non-hydrogen) atoms. The predicted octanol–water partition coefficient (Wildman–Crippen LogP) is -2.00. The van der Waals surface area contributed by atoms with Gasteiger partial charge in [-0.2, -0.15) is 0 Å². The Hall–Kier alpha value is -4.12. The Morgan fingerprint density at radius 2 is 1.46 bits per heavy atom. The second-order valence-corrected chi connectivity index (χ2v) is 8.84. The van der Waals surface area contributed by atoms with Gasteiger partial charge in [-0.15, -0.1) is 0 Å². The van der Waals surface area contributed by atoms with Gasteiger partial charge in [0.15, 0.2) is 24.1 Å². The highest BCUT2D eigenvalue weighted by Crippen LogP contribution is 2.37. The molecular formula is C24H33NO16. The highest BCUT2D eigenvalue weighted by atomic mass is 16.8. The number of carbonyl (C=O) groups excluding carboxylic acids is 8. The van der Waals surface area contributed by atoms with Gasteiger partial charge >= 0.3 is 41.6 Å². The van der Waals surface area contributed by atoms with E-state index < -0.39 is 103 Å². The molecule has 1 heterocycles. The number of methoxy groups -OCH3 is 1. The van der Waals surface area contributed by atoms with Crippen LogP contribution in [0.3, 0.4) is 0 Å². The summed E-state index contributed by atoms with van der Waals surface area (Å²) < 4.78 is 36.4. The molecule has 0 spiro atoms. The van der Waals surface area contributed by atoms with Gasteiger partial charge in [0, 0.05) is 34.6 Å².